The molecule has 0 spiro atoms. The summed E-state index contributed by atoms with van der Waals surface area (Å²) in [5.41, 5.74) is 0.380. The molecule has 2 aromatic carbocycles. The highest BCUT2D eigenvalue weighted by Gasteiger charge is 2.21. The van der Waals surface area contributed by atoms with E-state index in [1.807, 2.05) is 0 Å². The van der Waals surface area contributed by atoms with Crippen LogP contribution in [0.4, 0.5) is 8.78 Å². The molecule has 0 saturated heterocycles. The molecule has 0 saturated carbocycles. The topological polar surface area (TPSA) is 94.8 Å². The summed E-state index contributed by atoms with van der Waals surface area (Å²) in [4.78, 5) is 16.1. The van der Waals surface area contributed by atoms with Crippen LogP contribution in [0.3, 0.4) is 0 Å². The van der Waals surface area contributed by atoms with Crippen molar-refractivity contribution in [1.82, 2.24) is 14.7 Å². The van der Waals surface area contributed by atoms with E-state index in [1.54, 1.807) is 0 Å². The monoisotopic (exact) mass is 353 g/mol. The predicted octanol–water partition coefficient (Wildman–Crippen LogP) is 2.17. The summed E-state index contributed by atoms with van der Waals surface area (Å²) in [5.74, 6) is -1.58. The zero-order valence-corrected chi connectivity index (χ0v) is 13.2. The number of nitrogens with one attached hydrogen (secondary N) is 3. The molecule has 1 heterocycles. The van der Waals surface area contributed by atoms with Gasteiger partial charge in [0.05, 0.1) is 15.9 Å². The number of benzene rings is 2. The van der Waals surface area contributed by atoms with E-state index >= 15 is 0 Å². The number of hydrogen-bond donors (Lipinski definition) is 3. The Kier molecular flexibility index (Phi) is 3.98. The van der Waals surface area contributed by atoms with Crippen LogP contribution in [0.25, 0.3) is 11.0 Å². The second kappa shape index (κ2) is 5.84. The Hall–Kier alpha value is -2.52. The normalized spacial score (nSPS) is 13.3. The minimum atomic E-state index is -3.96. The number of imidazole rings is 1. The van der Waals surface area contributed by atoms with Gasteiger partial charge in [-0.1, -0.05) is 6.07 Å². The molecule has 0 aliphatic heterocycles. The van der Waals surface area contributed by atoms with E-state index in [9.17, 15) is 22.0 Å². The highest BCUT2D eigenvalue weighted by Crippen LogP contribution is 2.21. The summed E-state index contributed by atoms with van der Waals surface area (Å²) < 4.78 is 53.9. The smallest absolute Gasteiger partial charge is 0.306 e. The minimum absolute atomic E-state index is 0.0242. The second-order valence-corrected chi connectivity index (χ2v) is 7.01. The lowest BCUT2D eigenvalue weighted by Gasteiger charge is -2.15. The Morgan fingerprint density at radius 1 is 1.04 bits per heavy atom. The molecule has 9 heteroatoms. The number of aromatic nitrogens is 2. The van der Waals surface area contributed by atoms with Gasteiger partial charge in [-0.2, -0.15) is 0 Å². The van der Waals surface area contributed by atoms with Crippen LogP contribution in [0.5, 0.6) is 0 Å². The van der Waals surface area contributed by atoms with Crippen LogP contribution >= 0.6 is 0 Å². The van der Waals surface area contributed by atoms with Crippen LogP contribution in [0, 0.1) is 11.6 Å². The molecular weight excluding hydrogens is 340 g/mol. The number of fused-ring (bicyclic) bond motifs is 1. The molecule has 3 N–H and O–H groups in total. The van der Waals surface area contributed by atoms with E-state index in [4.69, 9.17) is 0 Å². The van der Waals surface area contributed by atoms with Crippen molar-refractivity contribution in [3.8, 4) is 0 Å². The summed E-state index contributed by atoms with van der Waals surface area (Å²) in [6.07, 6.45) is 0. The summed E-state index contributed by atoms with van der Waals surface area (Å²) in [5, 5.41) is 0. The van der Waals surface area contributed by atoms with Crippen molar-refractivity contribution in [2.75, 3.05) is 0 Å². The number of halogens is 2. The Labute approximate surface area is 135 Å². The molecule has 0 aliphatic carbocycles. The molecule has 0 radical (unpaired) electrons. The lowest BCUT2D eigenvalue weighted by atomic mass is 10.1. The van der Waals surface area contributed by atoms with Gasteiger partial charge in [0.15, 0.2) is 0 Å². The fourth-order valence-electron chi connectivity index (χ4n) is 2.40. The van der Waals surface area contributed by atoms with Gasteiger partial charge in [0.1, 0.15) is 11.6 Å². The van der Waals surface area contributed by atoms with E-state index < -0.39 is 33.4 Å². The maximum absolute atomic E-state index is 13.8. The zero-order valence-electron chi connectivity index (χ0n) is 12.4. The second-order valence-electron chi connectivity index (χ2n) is 5.30. The lowest BCUT2D eigenvalue weighted by molar-refractivity contribution is 0.540. The number of aromatic amines is 2. The third kappa shape index (κ3) is 3.08. The number of sulfonamides is 1. The Morgan fingerprint density at radius 3 is 2.46 bits per heavy atom. The van der Waals surface area contributed by atoms with Gasteiger partial charge in [0, 0.05) is 17.7 Å². The van der Waals surface area contributed by atoms with Crippen LogP contribution in [0.15, 0.2) is 46.1 Å². The highest BCUT2D eigenvalue weighted by atomic mass is 32.2. The maximum atomic E-state index is 13.8. The average molecular weight is 353 g/mol. The Morgan fingerprint density at radius 2 is 1.75 bits per heavy atom. The predicted molar refractivity (Wildman–Crippen MR) is 84.0 cm³/mol. The molecule has 1 aromatic heterocycles. The molecule has 126 valence electrons. The fraction of sp³-hybridized carbons (Fsp3) is 0.133. The summed E-state index contributed by atoms with van der Waals surface area (Å²) in [6, 6.07) is 6.09. The third-order valence-corrected chi connectivity index (χ3v) is 5.10. The third-order valence-electron chi connectivity index (χ3n) is 3.56. The van der Waals surface area contributed by atoms with Gasteiger partial charge in [-0.15, -0.1) is 0 Å². The van der Waals surface area contributed by atoms with Gasteiger partial charge < -0.3 is 9.97 Å². The molecule has 3 aromatic rings. The highest BCUT2D eigenvalue weighted by molar-refractivity contribution is 7.89. The minimum Gasteiger partial charge on any atom is -0.306 e. The van der Waals surface area contributed by atoms with Crippen LogP contribution in [0.1, 0.15) is 18.5 Å². The molecule has 0 bridgehead atoms. The van der Waals surface area contributed by atoms with Crippen molar-refractivity contribution >= 4 is 21.1 Å². The fourth-order valence-corrected chi connectivity index (χ4v) is 3.64. The van der Waals surface area contributed by atoms with E-state index in [1.165, 1.54) is 31.2 Å². The molecule has 0 amide bonds. The van der Waals surface area contributed by atoms with Crippen LogP contribution < -0.4 is 10.4 Å². The van der Waals surface area contributed by atoms with Gasteiger partial charge >= 0.3 is 5.69 Å². The van der Waals surface area contributed by atoms with Crippen molar-refractivity contribution in [1.29, 1.82) is 0 Å². The molecule has 0 aliphatic rings. The largest absolute Gasteiger partial charge is 0.323 e. The van der Waals surface area contributed by atoms with E-state index in [0.29, 0.717) is 17.1 Å². The van der Waals surface area contributed by atoms with Gasteiger partial charge in [-0.3, -0.25) is 0 Å². The number of rotatable bonds is 4. The lowest BCUT2D eigenvalue weighted by Crippen LogP contribution is -2.27. The first-order valence-corrected chi connectivity index (χ1v) is 8.44. The first-order valence-electron chi connectivity index (χ1n) is 6.95. The Bertz CT molecular complexity index is 1070. The van der Waals surface area contributed by atoms with E-state index in [0.717, 1.165) is 6.07 Å². The Balaban J connectivity index is 1.92. The van der Waals surface area contributed by atoms with Crippen LogP contribution in [-0.4, -0.2) is 18.4 Å². The van der Waals surface area contributed by atoms with Crippen molar-refractivity contribution in [2.45, 2.75) is 17.9 Å². The average Bonchev–Trinajstić information content (AvgIpc) is 2.85. The molecule has 0 fully saturated rings. The van der Waals surface area contributed by atoms with Crippen molar-refractivity contribution in [3.63, 3.8) is 0 Å². The quantitative estimate of drug-likeness (QED) is 0.671. The molecular formula is C15H13F2N3O3S. The SMILES string of the molecule is C[C@@H](NS(=O)(=O)c1ccc2[nH]c(=O)[nH]c2c1)c1ccc(F)cc1F. The van der Waals surface area contributed by atoms with E-state index in [2.05, 4.69) is 14.7 Å². The number of H-pyrrole nitrogens is 2. The first kappa shape index (κ1) is 16.3. The van der Waals surface area contributed by atoms with Crippen molar-refractivity contribution < 1.29 is 17.2 Å². The maximum Gasteiger partial charge on any atom is 0.323 e. The first-order chi connectivity index (χ1) is 11.3. The summed E-state index contributed by atoms with van der Waals surface area (Å²) >= 11 is 0. The van der Waals surface area contributed by atoms with Crippen molar-refractivity contribution in [2.24, 2.45) is 0 Å². The van der Waals surface area contributed by atoms with Gasteiger partial charge in [-0.05, 0) is 31.2 Å². The zero-order chi connectivity index (χ0) is 17.5. The molecule has 24 heavy (non-hydrogen) atoms. The van der Waals surface area contributed by atoms with Crippen LogP contribution in [0.2, 0.25) is 0 Å². The van der Waals surface area contributed by atoms with Crippen molar-refractivity contribution in [3.05, 3.63) is 64.1 Å². The van der Waals surface area contributed by atoms with Gasteiger partial charge in [0.2, 0.25) is 10.0 Å². The molecule has 0 unspecified atom stereocenters. The standard InChI is InChI=1S/C15H13F2N3O3S/c1-8(11-4-2-9(16)6-12(11)17)20-24(22,23)10-3-5-13-14(7-10)19-15(21)18-13/h2-8,20H,1H3,(H2,18,19,21)/t8-/m1/s1. The van der Waals surface area contributed by atoms with Gasteiger partial charge in [0.25, 0.3) is 0 Å². The molecule has 6 nitrogen and oxygen atoms in total. The molecule has 1 atom stereocenters. The summed E-state index contributed by atoms with van der Waals surface area (Å²) in [6.45, 7) is 1.45. The summed E-state index contributed by atoms with van der Waals surface area (Å²) in [7, 11) is -3.96. The number of hydrogen-bond acceptors (Lipinski definition) is 3. The van der Waals surface area contributed by atoms with E-state index in [-0.39, 0.29) is 10.5 Å². The molecule has 3 rings (SSSR count). The van der Waals surface area contributed by atoms with Gasteiger partial charge in [-0.25, -0.2) is 26.7 Å². The van der Waals surface area contributed by atoms with Crippen LogP contribution in [-0.2, 0) is 10.0 Å².